The first-order chi connectivity index (χ1) is 20.8. The van der Waals surface area contributed by atoms with E-state index in [1.54, 1.807) is 0 Å². The summed E-state index contributed by atoms with van der Waals surface area (Å²) in [4.78, 5) is 0. The summed E-state index contributed by atoms with van der Waals surface area (Å²) in [5.74, 6) is 4.32. The number of aliphatic hydroxyl groups excluding tert-OH is 4. The molecular formula is C38H60O6. The van der Waals surface area contributed by atoms with Crippen LogP contribution in [0.4, 0.5) is 0 Å². The van der Waals surface area contributed by atoms with Gasteiger partial charge in [0.1, 0.15) is 11.2 Å². The molecule has 2 aliphatic heterocycles. The molecule has 6 unspecified atom stereocenters. The third kappa shape index (κ3) is 3.55. The van der Waals surface area contributed by atoms with E-state index in [-0.39, 0.29) is 57.3 Å². The molecule has 0 amide bonds. The molecule has 8 aliphatic carbocycles. The van der Waals surface area contributed by atoms with Crippen LogP contribution in [0.15, 0.2) is 0 Å². The normalized spacial score (nSPS) is 66.0. The predicted octanol–water partition coefficient (Wildman–Crippen LogP) is 5.76. The minimum atomic E-state index is -0.156. The number of hydrogen-bond acceptors (Lipinski definition) is 6. The van der Waals surface area contributed by atoms with Gasteiger partial charge in [0, 0.05) is 23.7 Å². The number of ether oxygens (including phenoxy) is 2. The first kappa shape index (κ1) is 29.9. The van der Waals surface area contributed by atoms with Crippen LogP contribution in [0.25, 0.3) is 0 Å². The van der Waals surface area contributed by atoms with E-state index in [0.717, 1.165) is 75.0 Å². The Morgan fingerprint density at radius 1 is 0.477 bits per heavy atom. The molecule has 4 N–H and O–H groups in total. The van der Waals surface area contributed by atoms with Crippen LogP contribution in [-0.2, 0) is 9.47 Å². The van der Waals surface area contributed by atoms with E-state index in [9.17, 15) is 20.4 Å². The summed E-state index contributed by atoms with van der Waals surface area (Å²) < 4.78 is 12.6. The highest BCUT2D eigenvalue weighted by atomic mass is 16.6. The van der Waals surface area contributed by atoms with E-state index >= 15 is 0 Å². The summed E-state index contributed by atoms with van der Waals surface area (Å²) in [6.07, 6.45) is 17.8. The fourth-order valence-electron chi connectivity index (χ4n) is 15.3. The van der Waals surface area contributed by atoms with Gasteiger partial charge in [-0.3, -0.25) is 0 Å². The molecule has 10 aliphatic rings. The molecule has 6 heteroatoms. The molecule has 0 aromatic rings. The smallest absolute Gasteiger partial charge is 0.103 e. The van der Waals surface area contributed by atoms with Crippen molar-refractivity contribution in [1.82, 2.24) is 0 Å². The van der Waals surface area contributed by atoms with E-state index in [2.05, 4.69) is 27.7 Å². The average molecular weight is 613 g/mol. The average Bonchev–Trinajstić information content (AvgIpc) is 3.81. The molecule has 18 atom stereocenters. The quantitative estimate of drug-likeness (QED) is 0.259. The van der Waals surface area contributed by atoms with Gasteiger partial charge in [-0.2, -0.15) is 0 Å². The van der Waals surface area contributed by atoms with Crippen LogP contribution in [-0.4, -0.2) is 68.3 Å². The number of aliphatic hydroxyl groups is 4. The van der Waals surface area contributed by atoms with Crippen molar-refractivity contribution in [2.75, 3.05) is 0 Å². The van der Waals surface area contributed by atoms with Gasteiger partial charge in [-0.1, -0.05) is 27.7 Å². The van der Waals surface area contributed by atoms with Crippen molar-refractivity contribution in [3.63, 3.8) is 0 Å². The molecule has 6 nitrogen and oxygen atoms in total. The lowest BCUT2D eigenvalue weighted by molar-refractivity contribution is -0.121. The number of fused-ring (bicyclic) bond motifs is 8. The maximum absolute atomic E-state index is 10.5. The Morgan fingerprint density at radius 3 is 1.30 bits per heavy atom. The molecule has 0 aromatic heterocycles. The highest BCUT2D eigenvalue weighted by Crippen LogP contribution is 2.75. The molecule has 0 radical (unpaired) electrons. The zero-order chi connectivity index (χ0) is 30.7. The van der Waals surface area contributed by atoms with Gasteiger partial charge < -0.3 is 29.9 Å². The maximum atomic E-state index is 10.5. The van der Waals surface area contributed by atoms with Gasteiger partial charge in [0.25, 0.3) is 0 Å². The highest BCUT2D eigenvalue weighted by Gasteiger charge is 2.77. The Bertz CT molecular complexity index is 1100. The van der Waals surface area contributed by atoms with Crippen molar-refractivity contribution in [2.45, 2.75) is 178 Å². The Hall–Kier alpha value is -0.240. The lowest BCUT2D eigenvalue weighted by atomic mass is 9.45. The van der Waals surface area contributed by atoms with E-state index in [4.69, 9.17) is 9.47 Å². The van der Waals surface area contributed by atoms with Gasteiger partial charge in [-0.05, 0) is 136 Å². The van der Waals surface area contributed by atoms with Crippen LogP contribution in [0.2, 0.25) is 0 Å². The predicted molar refractivity (Wildman–Crippen MR) is 166 cm³/mol. The third-order valence-corrected chi connectivity index (χ3v) is 18.0. The zero-order valence-electron chi connectivity index (χ0n) is 27.8. The minimum Gasteiger partial charge on any atom is -0.393 e. The highest BCUT2D eigenvalue weighted by molar-refractivity contribution is 5.25. The SMILES string of the molecule is C[C@]12CCC3C(C[C@@H]4O[C@@]45C[C@@H](O)CC[C@]35C)C1CC[C@@H]2O.C[C@]12CCC3C(C[C@H]4O[C@]45C[C@@H](O)CC[C@]35C)C1CC[C@@H]2O. The lowest BCUT2D eigenvalue weighted by Gasteiger charge is -2.58. The molecule has 2 heterocycles. The Kier molecular flexibility index (Phi) is 6.28. The second kappa shape index (κ2) is 9.26. The Labute approximate surface area is 265 Å². The van der Waals surface area contributed by atoms with Crippen molar-refractivity contribution in [3.8, 4) is 0 Å². The van der Waals surface area contributed by atoms with Crippen molar-refractivity contribution in [2.24, 2.45) is 57.2 Å². The van der Waals surface area contributed by atoms with Gasteiger partial charge in [0.2, 0.25) is 0 Å². The van der Waals surface area contributed by atoms with Crippen LogP contribution < -0.4 is 0 Å². The first-order valence-corrected chi connectivity index (χ1v) is 18.9. The largest absolute Gasteiger partial charge is 0.393 e. The number of rotatable bonds is 0. The van der Waals surface area contributed by atoms with E-state index in [1.165, 1.54) is 51.4 Å². The molecule has 44 heavy (non-hydrogen) atoms. The molecular weight excluding hydrogens is 552 g/mol. The molecule has 2 saturated heterocycles. The van der Waals surface area contributed by atoms with Gasteiger partial charge in [0.15, 0.2) is 0 Å². The lowest BCUT2D eigenvalue weighted by Crippen LogP contribution is -2.58. The molecule has 10 fully saturated rings. The third-order valence-electron chi connectivity index (χ3n) is 18.0. The minimum absolute atomic E-state index is 0.00318. The van der Waals surface area contributed by atoms with E-state index in [1.807, 2.05) is 0 Å². The summed E-state index contributed by atoms with van der Waals surface area (Å²) >= 11 is 0. The van der Waals surface area contributed by atoms with Crippen molar-refractivity contribution < 1.29 is 29.9 Å². The Morgan fingerprint density at radius 2 is 0.886 bits per heavy atom. The monoisotopic (exact) mass is 612 g/mol. The van der Waals surface area contributed by atoms with E-state index in [0.29, 0.717) is 24.0 Å². The summed E-state index contributed by atoms with van der Waals surface area (Å²) in [6.45, 7) is 9.61. The molecule has 8 saturated carbocycles. The molecule has 248 valence electrons. The van der Waals surface area contributed by atoms with Crippen LogP contribution in [0, 0.1) is 57.2 Å². The van der Waals surface area contributed by atoms with E-state index < -0.39 is 0 Å². The van der Waals surface area contributed by atoms with Gasteiger partial charge in [-0.25, -0.2) is 0 Å². The van der Waals surface area contributed by atoms with Crippen LogP contribution >= 0.6 is 0 Å². The number of hydrogen-bond donors (Lipinski definition) is 4. The second-order valence-electron chi connectivity index (χ2n) is 19.1. The van der Waals surface area contributed by atoms with Crippen molar-refractivity contribution >= 4 is 0 Å². The number of epoxide rings is 2. The van der Waals surface area contributed by atoms with Gasteiger partial charge in [-0.15, -0.1) is 0 Å². The summed E-state index contributed by atoms with van der Waals surface area (Å²) in [5.41, 5.74) is 0.818. The fourth-order valence-corrected chi connectivity index (χ4v) is 15.3. The van der Waals surface area contributed by atoms with Crippen LogP contribution in [0.5, 0.6) is 0 Å². The molecule has 0 aromatic carbocycles. The summed E-state index contributed by atoms with van der Waals surface area (Å²) in [6, 6.07) is 0. The Balaban J connectivity index is 0.000000123. The topological polar surface area (TPSA) is 106 Å². The molecule has 10 rings (SSSR count). The van der Waals surface area contributed by atoms with Crippen LogP contribution in [0.3, 0.4) is 0 Å². The molecule has 0 bridgehead atoms. The van der Waals surface area contributed by atoms with Crippen molar-refractivity contribution in [3.05, 3.63) is 0 Å². The van der Waals surface area contributed by atoms with Gasteiger partial charge >= 0.3 is 0 Å². The van der Waals surface area contributed by atoms with Crippen molar-refractivity contribution in [1.29, 1.82) is 0 Å². The fraction of sp³-hybridized carbons (Fsp3) is 1.00. The first-order valence-electron chi connectivity index (χ1n) is 18.9. The summed E-state index contributed by atoms with van der Waals surface area (Å²) in [5, 5.41) is 41.4. The maximum Gasteiger partial charge on any atom is 0.103 e. The van der Waals surface area contributed by atoms with Gasteiger partial charge in [0.05, 0.1) is 36.6 Å². The standard InChI is InChI=1S/2C19H30O3/c2*1-17-7-6-14-12(13(17)3-4-15(17)21)9-16-19(22-16)10-11(20)5-8-18(14,19)2/h2*11-16,20-21H,3-10H2,1-2H3/t11-,12?,13?,14?,15-,16+,17-,18+,19+;11-,12?,13?,14?,15-,16-,17-,18+,19-/m00/s1. The summed E-state index contributed by atoms with van der Waals surface area (Å²) in [7, 11) is 0. The van der Waals surface area contributed by atoms with Crippen LogP contribution in [0.1, 0.15) is 130 Å². The zero-order valence-corrected chi connectivity index (χ0v) is 27.8. The second-order valence-corrected chi connectivity index (χ2v) is 19.1. The molecule has 2 spiro atoms.